The Morgan fingerprint density at radius 1 is 0.767 bits per heavy atom. The Morgan fingerprint density at radius 2 is 1.30 bits per heavy atom. The molecule has 0 bridgehead atoms. The lowest BCUT2D eigenvalue weighted by Crippen LogP contribution is -2.54. The van der Waals surface area contributed by atoms with E-state index in [1.165, 1.54) is 51.4 Å². The predicted molar refractivity (Wildman–Crippen MR) is 138 cm³/mol. The first-order valence-electron chi connectivity index (χ1n) is 12.1. The quantitative estimate of drug-likeness (QED) is 0.0603. The van der Waals surface area contributed by atoms with Crippen molar-refractivity contribution in [2.75, 3.05) is 6.61 Å². The van der Waals surface area contributed by atoms with E-state index in [2.05, 4.69) is 50.9 Å². The molecule has 0 aliphatic heterocycles. The molecule has 0 aliphatic carbocycles. The normalized spacial score (nSPS) is 15.3. The number of hydrogen-bond donors (Lipinski definition) is 0. The van der Waals surface area contributed by atoms with Gasteiger partial charge >= 0.3 is 0 Å². The van der Waals surface area contributed by atoms with Crippen LogP contribution in [0.5, 0.6) is 0 Å². The Labute approximate surface area is 198 Å². The molecule has 5 heteroatoms. The molecule has 0 aromatic heterocycles. The molecule has 0 heterocycles. The zero-order chi connectivity index (χ0) is 22.9. The number of allylic oxidation sites excluding steroid dienone is 4. The minimum atomic E-state index is -1.85. The molecule has 2 nitrogen and oxygen atoms in total. The molecule has 0 saturated heterocycles. The van der Waals surface area contributed by atoms with Gasteiger partial charge in [-0.3, -0.25) is 0 Å². The third kappa shape index (κ3) is 15.1. The molecule has 0 aromatic rings. The Hall–Kier alpha value is 0.197. The summed E-state index contributed by atoms with van der Waals surface area (Å²) in [4.78, 5) is 0. The van der Waals surface area contributed by atoms with Gasteiger partial charge in [-0.1, -0.05) is 86.5 Å². The fourth-order valence-electron chi connectivity index (χ4n) is 3.49. The van der Waals surface area contributed by atoms with Gasteiger partial charge in [0.1, 0.15) is 0 Å². The largest absolute Gasteiger partial charge is 0.389 e. The van der Waals surface area contributed by atoms with E-state index in [-0.39, 0.29) is 0 Å². The Balaban J connectivity index is 4.09. The summed E-state index contributed by atoms with van der Waals surface area (Å²) in [6, 6.07) is 0. The molecular weight excluding hydrogens is 431 g/mol. The lowest BCUT2D eigenvalue weighted by atomic mass is 10.0. The van der Waals surface area contributed by atoms with E-state index < -0.39 is 18.4 Å². The van der Waals surface area contributed by atoms with Gasteiger partial charge in [-0.2, -0.15) is 0 Å². The summed E-state index contributed by atoms with van der Waals surface area (Å²) < 4.78 is 11.3. The van der Waals surface area contributed by atoms with Crippen LogP contribution in [0.4, 0.5) is 0 Å². The van der Waals surface area contributed by atoms with Crippen molar-refractivity contribution < 1.29 is 9.16 Å². The van der Waals surface area contributed by atoms with Gasteiger partial charge in [-0.15, -0.1) is 0 Å². The van der Waals surface area contributed by atoms with Crippen LogP contribution in [0, 0.1) is 0 Å². The summed E-state index contributed by atoms with van der Waals surface area (Å²) in [6.07, 6.45) is 23.3. The maximum Gasteiger partial charge on any atom is 0.192 e. The fraction of sp³-hybridized carbons (Fsp3) is 0.840. The minimum Gasteiger partial charge on any atom is -0.389 e. The minimum absolute atomic E-state index is 0.541. The molecule has 30 heavy (non-hydrogen) atoms. The molecule has 0 aromatic carbocycles. The lowest BCUT2D eigenvalue weighted by Gasteiger charge is -2.44. The van der Waals surface area contributed by atoms with E-state index in [1.54, 1.807) is 6.92 Å². The first kappa shape index (κ1) is 30.2. The highest BCUT2D eigenvalue weighted by atomic mass is 35.5. The molecule has 0 radical (unpaired) electrons. The summed E-state index contributed by atoms with van der Waals surface area (Å²) >= 11 is 13.1. The van der Waals surface area contributed by atoms with Crippen LogP contribution in [0.15, 0.2) is 24.3 Å². The Morgan fingerprint density at radius 3 is 1.80 bits per heavy atom. The second-order valence-electron chi connectivity index (χ2n) is 9.27. The molecule has 1 unspecified atom stereocenters. The van der Waals surface area contributed by atoms with Crippen molar-refractivity contribution in [2.45, 2.75) is 128 Å². The van der Waals surface area contributed by atoms with Crippen molar-refractivity contribution in [2.24, 2.45) is 0 Å². The van der Waals surface area contributed by atoms with Crippen molar-refractivity contribution in [3.8, 4) is 0 Å². The van der Waals surface area contributed by atoms with E-state index in [9.17, 15) is 0 Å². The topological polar surface area (TPSA) is 18.5 Å². The first-order valence-corrected chi connectivity index (χ1v) is 16.3. The number of unbranched alkanes of at least 4 members (excludes halogenated alkanes) is 8. The van der Waals surface area contributed by atoms with Crippen LogP contribution in [0.3, 0.4) is 0 Å². The molecule has 1 atom stereocenters. The summed E-state index contributed by atoms with van der Waals surface area (Å²) in [5.74, 6) is -0.915. The van der Waals surface area contributed by atoms with Crippen molar-refractivity contribution in [1.82, 2.24) is 0 Å². The number of hydrogen-bond acceptors (Lipinski definition) is 2. The van der Waals surface area contributed by atoms with Gasteiger partial charge in [0.2, 0.25) is 0 Å². The fourth-order valence-corrected chi connectivity index (χ4v) is 5.34. The second kappa shape index (κ2) is 16.8. The van der Waals surface area contributed by atoms with Gasteiger partial charge in [-0.25, -0.2) is 0 Å². The average molecular weight is 480 g/mol. The molecule has 0 N–H and O–H groups in total. The number of ether oxygens (including phenoxy) is 1. The molecule has 0 fully saturated rings. The summed E-state index contributed by atoms with van der Waals surface area (Å²) in [5.41, 5.74) is 0. The molecule has 0 rings (SSSR count). The zero-order valence-electron chi connectivity index (χ0n) is 20.6. The van der Waals surface area contributed by atoms with Crippen LogP contribution in [0.2, 0.25) is 19.6 Å². The first-order chi connectivity index (χ1) is 14.1. The van der Waals surface area contributed by atoms with Crippen LogP contribution >= 0.6 is 23.2 Å². The highest BCUT2D eigenvalue weighted by Gasteiger charge is 2.50. The van der Waals surface area contributed by atoms with E-state index in [4.69, 9.17) is 32.4 Å². The van der Waals surface area contributed by atoms with E-state index >= 15 is 0 Å². The smallest absolute Gasteiger partial charge is 0.192 e. The summed E-state index contributed by atoms with van der Waals surface area (Å²) in [7, 11) is -1.85. The monoisotopic (exact) mass is 478 g/mol. The standard InChI is InChI=1S/C25H48Cl2O2Si/c1-7-9-10-11-12-13-14-15-16-17-18-19-20-21-22-23-25(28-8-2,24(3,26)27)29-30(4,5)6/h12-13,15-16H,7-11,14,17-23H2,1-6H3/b13-12-,16-15-. The SMILES string of the molecule is CCCCC/C=C\C/C=C\CCCCCCCC(OCC)(O[Si](C)(C)C)C(C)(Cl)Cl. The number of alkyl halides is 2. The third-order valence-electron chi connectivity index (χ3n) is 4.97. The predicted octanol–water partition coefficient (Wildman–Crippen LogP) is 9.58. The zero-order valence-corrected chi connectivity index (χ0v) is 23.1. The van der Waals surface area contributed by atoms with Crippen LogP contribution in [0.1, 0.15) is 97.8 Å². The van der Waals surface area contributed by atoms with Crippen LogP contribution < -0.4 is 0 Å². The average Bonchev–Trinajstić information content (AvgIpc) is 2.62. The van der Waals surface area contributed by atoms with Crippen molar-refractivity contribution in [3.05, 3.63) is 24.3 Å². The van der Waals surface area contributed by atoms with E-state index in [1.807, 2.05) is 6.92 Å². The molecule has 0 amide bonds. The van der Waals surface area contributed by atoms with Crippen molar-refractivity contribution in [1.29, 1.82) is 0 Å². The number of rotatable bonds is 19. The van der Waals surface area contributed by atoms with Gasteiger partial charge < -0.3 is 9.16 Å². The second-order valence-corrected chi connectivity index (χ2v) is 15.4. The Bertz CT molecular complexity index is 467. The highest BCUT2D eigenvalue weighted by Crippen LogP contribution is 2.43. The third-order valence-corrected chi connectivity index (χ3v) is 6.49. The molecule has 178 valence electrons. The van der Waals surface area contributed by atoms with E-state index in [0.29, 0.717) is 6.61 Å². The van der Waals surface area contributed by atoms with Crippen LogP contribution in [0.25, 0.3) is 0 Å². The number of halogens is 2. The molecule has 0 spiro atoms. The van der Waals surface area contributed by atoms with Gasteiger partial charge in [0, 0.05) is 13.0 Å². The van der Waals surface area contributed by atoms with Gasteiger partial charge in [0.05, 0.1) is 0 Å². The Kier molecular flexibility index (Phi) is 16.9. The molecule has 0 aliphatic rings. The van der Waals surface area contributed by atoms with Gasteiger partial charge in [0.15, 0.2) is 18.4 Å². The van der Waals surface area contributed by atoms with Crippen LogP contribution in [-0.4, -0.2) is 25.0 Å². The van der Waals surface area contributed by atoms with Crippen molar-refractivity contribution in [3.63, 3.8) is 0 Å². The highest BCUT2D eigenvalue weighted by molar-refractivity contribution is 6.70. The van der Waals surface area contributed by atoms with Gasteiger partial charge in [-0.05, 0) is 72.0 Å². The maximum atomic E-state index is 6.53. The van der Waals surface area contributed by atoms with Crippen LogP contribution in [-0.2, 0) is 9.16 Å². The van der Waals surface area contributed by atoms with Crippen molar-refractivity contribution >= 4 is 31.5 Å². The van der Waals surface area contributed by atoms with E-state index in [0.717, 1.165) is 25.7 Å². The molecule has 0 saturated carbocycles. The molecular formula is C25H48Cl2O2Si. The van der Waals surface area contributed by atoms with Gasteiger partial charge in [0.25, 0.3) is 0 Å². The lowest BCUT2D eigenvalue weighted by molar-refractivity contribution is -0.198. The maximum absolute atomic E-state index is 6.53. The summed E-state index contributed by atoms with van der Waals surface area (Å²) in [6.45, 7) is 13.0. The summed E-state index contributed by atoms with van der Waals surface area (Å²) in [5, 5.41) is 0.